The van der Waals surface area contributed by atoms with Crippen molar-refractivity contribution < 1.29 is 44.6 Å². The molecular weight excluding hydrogens is 336 g/mol. The summed E-state index contributed by atoms with van der Waals surface area (Å²) in [6, 6.07) is 0. The Morgan fingerprint density at radius 1 is 1.44 bits per heavy atom. The number of aliphatic hydroxyl groups is 5. The molecule has 0 bridgehead atoms. The van der Waals surface area contributed by atoms with Gasteiger partial charge in [0.1, 0.15) is 18.0 Å². The number of rotatable bonds is 10. The van der Waals surface area contributed by atoms with Crippen LogP contribution >= 0.6 is 0 Å². The average Bonchev–Trinajstić information content (AvgIpc) is 2.55. The molecule has 0 aromatic carbocycles. The van der Waals surface area contributed by atoms with Crippen molar-refractivity contribution >= 4 is 12.3 Å². The smallest absolute Gasteiger partial charge is 0.329 e. The summed E-state index contributed by atoms with van der Waals surface area (Å²) in [7, 11) is 0. The van der Waals surface area contributed by atoms with Crippen molar-refractivity contribution in [3.63, 3.8) is 0 Å². The first-order chi connectivity index (χ1) is 11.7. The zero-order chi connectivity index (χ0) is 19.2. The van der Waals surface area contributed by atoms with E-state index in [0.29, 0.717) is 6.42 Å². The highest BCUT2D eigenvalue weighted by Gasteiger charge is 2.51. The number of carbonyl (C=O) groups is 2. The van der Waals surface area contributed by atoms with Gasteiger partial charge in [-0.25, -0.2) is 0 Å². The van der Waals surface area contributed by atoms with E-state index in [1.54, 1.807) is 6.92 Å². The van der Waals surface area contributed by atoms with Crippen molar-refractivity contribution in [3.05, 3.63) is 0 Å². The van der Waals surface area contributed by atoms with Crippen LogP contribution in [0, 0.1) is 11.8 Å². The van der Waals surface area contributed by atoms with Crippen LogP contribution in [0.5, 0.6) is 0 Å². The predicted octanol–water partition coefficient (Wildman–Crippen LogP) is -1.32. The van der Waals surface area contributed by atoms with Gasteiger partial charge >= 0.3 is 5.97 Å². The van der Waals surface area contributed by atoms with Gasteiger partial charge in [0.05, 0.1) is 25.2 Å². The monoisotopic (exact) mass is 364 g/mol. The summed E-state index contributed by atoms with van der Waals surface area (Å²) in [4.78, 5) is 22.9. The second-order valence-electron chi connectivity index (χ2n) is 6.55. The van der Waals surface area contributed by atoms with Gasteiger partial charge in [-0.3, -0.25) is 9.59 Å². The minimum Gasteiger partial charge on any atom is -0.410 e. The van der Waals surface area contributed by atoms with Crippen LogP contribution < -0.4 is 0 Å². The van der Waals surface area contributed by atoms with Crippen molar-refractivity contribution in [2.75, 3.05) is 6.61 Å². The minimum absolute atomic E-state index is 0.0760. The molecule has 1 rings (SSSR count). The zero-order valence-electron chi connectivity index (χ0n) is 14.4. The summed E-state index contributed by atoms with van der Waals surface area (Å²) in [6.07, 6.45) is -5.28. The lowest BCUT2D eigenvalue weighted by atomic mass is 9.80. The van der Waals surface area contributed by atoms with Gasteiger partial charge < -0.3 is 35.0 Å². The van der Waals surface area contributed by atoms with Crippen LogP contribution in [0.1, 0.15) is 39.5 Å². The van der Waals surface area contributed by atoms with E-state index in [1.807, 2.05) is 6.92 Å². The standard InChI is InChI=1S/C16H28O9/c1-3-4-9(2)11(19)5-10-12(20)6-16(23,24-8-18)25-15(10)14(22)13(21)7-17/h8-10,12-15,17,20-23H,3-7H2,1-2H3. The first kappa shape index (κ1) is 21.9. The van der Waals surface area contributed by atoms with Crippen molar-refractivity contribution in [3.8, 4) is 0 Å². The number of hydrogen-bond donors (Lipinski definition) is 5. The first-order valence-corrected chi connectivity index (χ1v) is 8.38. The van der Waals surface area contributed by atoms with Gasteiger partial charge in [-0.2, -0.15) is 0 Å². The van der Waals surface area contributed by atoms with E-state index < -0.39 is 49.3 Å². The Balaban J connectivity index is 3.01. The lowest BCUT2D eigenvalue weighted by Gasteiger charge is -2.45. The van der Waals surface area contributed by atoms with Crippen LogP contribution in [-0.2, 0) is 19.1 Å². The van der Waals surface area contributed by atoms with Crippen LogP contribution in [0.4, 0.5) is 0 Å². The summed E-state index contributed by atoms with van der Waals surface area (Å²) in [5.74, 6) is -3.86. The van der Waals surface area contributed by atoms with Crippen LogP contribution in [0.3, 0.4) is 0 Å². The summed E-state index contributed by atoms with van der Waals surface area (Å²) in [6.45, 7) is 2.82. The lowest BCUT2D eigenvalue weighted by molar-refractivity contribution is -0.399. The molecule has 0 radical (unpaired) electrons. The highest BCUT2D eigenvalue weighted by atomic mass is 16.8. The first-order valence-electron chi connectivity index (χ1n) is 8.38. The minimum atomic E-state index is -2.49. The second-order valence-corrected chi connectivity index (χ2v) is 6.55. The third-order valence-corrected chi connectivity index (χ3v) is 4.56. The van der Waals surface area contributed by atoms with Gasteiger partial charge in [0.25, 0.3) is 6.47 Å². The van der Waals surface area contributed by atoms with Gasteiger partial charge in [0.2, 0.25) is 0 Å². The zero-order valence-corrected chi connectivity index (χ0v) is 14.4. The van der Waals surface area contributed by atoms with Gasteiger partial charge in [0, 0.05) is 18.3 Å². The number of carbonyl (C=O) groups excluding carboxylic acids is 2. The topological polar surface area (TPSA) is 154 Å². The molecule has 1 saturated heterocycles. The largest absolute Gasteiger partial charge is 0.410 e. The molecule has 1 heterocycles. The van der Waals surface area contributed by atoms with E-state index in [2.05, 4.69) is 4.74 Å². The van der Waals surface area contributed by atoms with Crippen molar-refractivity contribution in [1.29, 1.82) is 0 Å². The number of ether oxygens (including phenoxy) is 2. The summed E-state index contributed by atoms with van der Waals surface area (Å²) in [5, 5.41) is 49.3. The fourth-order valence-electron chi connectivity index (χ4n) is 3.06. The van der Waals surface area contributed by atoms with Gasteiger partial charge in [-0.15, -0.1) is 0 Å². The quantitative estimate of drug-likeness (QED) is 0.234. The summed E-state index contributed by atoms with van der Waals surface area (Å²) >= 11 is 0. The molecule has 0 aromatic rings. The second kappa shape index (κ2) is 9.56. The van der Waals surface area contributed by atoms with Crippen LogP contribution in [0.25, 0.3) is 0 Å². The van der Waals surface area contributed by atoms with Crippen molar-refractivity contribution in [2.45, 2.75) is 69.9 Å². The Morgan fingerprint density at radius 2 is 2.08 bits per heavy atom. The fourth-order valence-corrected chi connectivity index (χ4v) is 3.06. The summed E-state index contributed by atoms with van der Waals surface area (Å²) < 4.78 is 9.62. The third-order valence-electron chi connectivity index (χ3n) is 4.56. The maximum Gasteiger partial charge on any atom is 0.329 e. The normalized spacial score (nSPS) is 33.3. The molecule has 1 fully saturated rings. The molecule has 7 unspecified atom stereocenters. The molecule has 146 valence electrons. The molecule has 9 nitrogen and oxygen atoms in total. The maximum absolute atomic E-state index is 12.3. The molecule has 0 spiro atoms. The Bertz CT molecular complexity index is 443. The van der Waals surface area contributed by atoms with Crippen molar-refractivity contribution in [2.24, 2.45) is 11.8 Å². The van der Waals surface area contributed by atoms with Crippen LogP contribution in [-0.4, -0.2) is 74.8 Å². The Morgan fingerprint density at radius 3 is 2.60 bits per heavy atom. The molecular formula is C16H28O9. The summed E-state index contributed by atoms with van der Waals surface area (Å²) in [5.41, 5.74) is 0. The highest BCUT2D eigenvalue weighted by Crippen LogP contribution is 2.36. The Labute approximate surface area is 146 Å². The molecule has 0 saturated carbocycles. The van der Waals surface area contributed by atoms with Gasteiger partial charge in [0.15, 0.2) is 0 Å². The molecule has 1 aliphatic heterocycles. The maximum atomic E-state index is 12.3. The van der Waals surface area contributed by atoms with E-state index in [1.165, 1.54) is 0 Å². The number of ketones is 1. The molecule has 0 aromatic heterocycles. The molecule has 7 atom stereocenters. The molecule has 1 aliphatic rings. The van der Waals surface area contributed by atoms with E-state index in [0.717, 1.165) is 6.42 Å². The van der Waals surface area contributed by atoms with E-state index in [9.17, 15) is 30.0 Å². The predicted molar refractivity (Wildman–Crippen MR) is 83.9 cm³/mol. The van der Waals surface area contributed by atoms with E-state index >= 15 is 0 Å². The molecule has 9 heteroatoms. The Hall–Kier alpha value is -1.10. The number of hydrogen-bond acceptors (Lipinski definition) is 9. The van der Waals surface area contributed by atoms with Crippen LogP contribution in [0.2, 0.25) is 0 Å². The third kappa shape index (κ3) is 5.70. The van der Waals surface area contributed by atoms with Gasteiger partial charge in [-0.1, -0.05) is 20.3 Å². The van der Waals surface area contributed by atoms with Crippen LogP contribution in [0.15, 0.2) is 0 Å². The average molecular weight is 364 g/mol. The molecule has 25 heavy (non-hydrogen) atoms. The van der Waals surface area contributed by atoms with E-state index in [4.69, 9.17) is 9.84 Å². The molecule has 0 aliphatic carbocycles. The Kier molecular flexibility index (Phi) is 8.39. The SMILES string of the molecule is CCCC(C)C(=O)CC1C(O)CC(O)(OC=O)OC1C(O)C(O)CO. The number of aliphatic hydroxyl groups excluding tert-OH is 4. The lowest BCUT2D eigenvalue weighted by Crippen LogP contribution is -2.59. The number of Topliss-reactive ketones (excluding diaryl/α,β-unsaturated/α-hetero) is 1. The van der Waals surface area contributed by atoms with E-state index in [-0.39, 0.29) is 24.6 Å². The fraction of sp³-hybridized carbons (Fsp3) is 0.875. The molecule has 5 N–H and O–H groups in total. The molecule has 0 amide bonds. The van der Waals surface area contributed by atoms with Gasteiger partial charge in [-0.05, 0) is 6.42 Å². The highest BCUT2D eigenvalue weighted by molar-refractivity contribution is 5.81. The van der Waals surface area contributed by atoms with Crippen molar-refractivity contribution in [1.82, 2.24) is 0 Å².